The van der Waals surface area contributed by atoms with Crippen LogP contribution >= 0.6 is 11.6 Å². The lowest BCUT2D eigenvalue weighted by molar-refractivity contribution is -0.131. The monoisotopic (exact) mass is 356 g/mol. The maximum absolute atomic E-state index is 12.7. The van der Waals surface area contributed by atoms with E-state index in [1.807, 2.05) is 39.0 Å². The molecule has 0 saturated heterocycles. The molecule has 2 amide bonds. The molecule has 0 spiro atoms. The molecule has 3 rings (SSSR count). The lowest BCUT2D eigenvalue weighted by Crippen LogP contribution is -2.36. The number of nitrogens with one attached hydrogen (secondary N) is 2. The summed E-state index contributed by atoms with van der Waals surface area (Å²) in [6.07, 6.45) is 1.10. The molecule has 0 unspecified atom stereocenters. The predicted octanol–water partition coefficient (Wildman–Crippen LogP) is 4.62. The molecule has 1 aliphatic carbocycles. The van der Waals surface area contributed by atoms with Crippen LogP contribution in [0.15, 0.2) is 36.4 Å². The quantitative estimate of drug-likeness (QED) is 0.785. The molecule has 130 valence electrons. The Morgan fingerprint density at radius 3 is 2.24 bits per heavy atom. The maximum atomic E-state index is 12.7. The Hall–Kier alpha value is -2.33. The minimum atomic E-state index is -0.995. The molecule has 0 bridgehead atoms. The molecule has 0 radical (unpaired) electrons. The highest BCUT2D eigenvalue weighted by atomic mass is 35.5. The summed E-state index contributed by atoms with van der Waals surface area (Å²) < 4.78 is 0. The van der Waals surface area contributed by atoms with Crippen LogP contribution in [0.5, 0.6) is 0 Å². The summed E-state index contributed by atoms with van der Waals surface area (Å²) in [6.45, 7) is 5.74. The van der Waals surface area contributed by atoms with Gasteiger partial charge in [0.2, 0.25) is 11.8 Å². The molecule has 25 heavy (non-hydrogen) atoms. The second-order valence-corrected chi connectivity index (χ2v) is 7.13. The topological polar surface area (TPSA) is 58.2 Å². The van der Waals surface area contributed by atoms with Crippen molar-refractivity contribution in [3.8, 4) is 0 Å². The van der Waals surface area contributed by atoms with E-state index in [4.69, 9.17) is 11.6 Å². The van der Waals surface area contributed by atoms with Gasteiger partial charge in [-0.2, -0.15) is 0 Å². The highest BCUT2D eigenvalue weighted by Crippen LogP contribution is 2.48. The van der Waals surface area contributed by atoms with Crippen molar-refractivity contribution < 1.29 is 9.59 Å². The van der Waals surface area contributed by atoms with E-state index in [1.54, 1.807) is 18.2 Å². The molecule has 1 saturated carbocycles. The lowest BCUT2D eigenvalue weighted by atomic mass is 10.0. The van der Waals surface area contributed by atoms with E-state index in [0.29, 0.717) is 23.6 Å². The molecule has 2 aromatic carbocycles. The van der Waals surface area contributed by atoms with Gasteiger partial charge in [0.05, 0.1) is 0 Å². The fraction of sp³-hybridized carbons (Fsp3) is 0.300. The number of amides is 2. The zero-order valence-electron chi connectivity index (χ0n) is 14.6. The van der Waals surface area contributed by atoms with Crippen LogP contribution in [0.1, 0.15) is 29.5 Å². The fourth-order valence-corrected chi connectivity index (χ4v) is 2.95. The van der Waals surface area contributed by atoms with Crippen molar-refractivity contribution >= 4 is 34.8 Å². The standard InChI is InChI=1S/C20H21ClN2O2/c1-12-7-8-13(2)17(11-12)23-19(25)20(9-10-20)18(24)22-16-6-4-5-15(21)14(16)3/h4-8,11H,9-10H2,1-3H3,(H,22,24)(H,23,25). The molecule has 0 aromatic heterocycles. The summed E-state index contributed by atoms with van der Waals surface area (Å²) in [4.78, 5) is 25.5. The third-order valence-electron chi connectivity index (χ3n) is 4.78. The van der Waals surface area contributed by atoms with Gasteiger partial charge in [-0.05, 0) is 68.5 Å². The number of carbonyl (C=O) groups is 2. The van der Waals surface area contributed by atoms with Crippen LogP contribution in [0.3, 0.4) is 0 Å². The van der Waals surface area contributed by atoms with Crippen LogP contribution in [0.2, 0.25) is 5.02 Å². The van der Waals surface area contributed by atoms with E-state index in [2.05, 4.69) is 10.6 Å². The Kier molecular flexibility index (Phi) is 4.56. The number of rotatable bonds is 4. The highest BCUT2D eigenvalue weighted by Gasteiger charge is 2.56. The van der Waals surface area contributed by atoms with Gasteiger partial charge in [-0.3, -0.25) is 9.59 Å². The van der Waals surface area contributed by atoms with Gasteiger partial charge in [-0.25, -0.2) is 0 Å². The minimum Gasteiger partial charge on any atom is -0.325 e. The van der Waals surface area contributed by atoms with Crippen molar-refractivity contribution in [1.29, 1.82) is 0 Å². The second kappa shape index (κ2) is 6.52. The molecular weight excluding hydrogens is 336 g/mol. The zero-order valence-corrected chi connectivity index (χ0v) is 15.3. The molecule has 2 N–H and O–H groups in total. The van der Waals surface area contributed by atoms with Crippen LogP contribution in [-0.2, 0) is 9.59 Å². The number of aryl methyl sites for hydroxylation is 2. The summed E-state index contributed by atoms with van der Waals surface area (Å²) in [5.74, 6) is -0.529. The molecule has 2 aromatic rings. The van der Waals surface area contributed by atoms with Crippen molar-refractivity contribution in [2.75, 3.05) is 10.6 Å². The molecule has 4 nitrogen and oxygen atoms in total. The van der Waals surface area contributed by atoms with Crippen molar-refractivity contribution in [2.45, 2.75) is 33.6 Å². The Morgan fingerprint density at radius 1 is 0.960 bits per heavy atom. The van der Waals surface area contributed by atoms with E-state index >= 15 is 0 Å². The number of hydrogen-bond donors (Lipinski definition) is 2. The van der Waals surface area contributed by atoms with Crippen molar-refractivity contribution in [2.24, 2.45) is 5.41 Å². The average Bonchev–Trinajstić information content (AvgIpc) is 3.37. The predicted molar refractivity (Wildman–Crippen MR) is 101 cm³/mol. The number of anilines is 2. The van der Waals surface area contributed by atoms with E-state index in [-0.39, 0.29) is 11.8 Å². The summed E-state index contributed by atoms with van der Waals surface area (Å²) >= 11 is 6.10. The summed E-state index contributed by atoms with van der Waals surface area (Å²) in [7, 11) is 0. The first-order valence-corrected chi connectivity index (χ1v) is 8.66. The van der Waals surface area contributed by atoms with Gasteiger partial charge in [0.15, 0.2) is 0 Å². The van der Waals surface area contributed by atoms with Crippen LogP contribution in [0.25, 0.3) is 0 Å². The van der Waals surface area contributed by atoms with E-state index in [0.717, 1.165) is 22.4 Å². The van der Waals surface area contributed by atoms with E-state index < -0.39 is 5.41 Å². The largest absolute Gasteiger partial charge is 0.325 e. The van der Waals surface area contributed by atoms with Gasteiger partial charge < -0.3 is 10.6 Å². The molecular formula is C20H21ClN2O2. The van der Waals surface area contributed by atoms with E-state index in [1.165, 1.54) is 0 Å². The minimum absolute atomic E-state index is 0.251. The summed E-state index contributed by atoms with van der Waals surface area (Å²) in [5.41, 5.74) is 3.23. The fourth-order valence-electron chi connectivity index (χ4n) is 2.78. The van der Waals surface area contributed by atoms with Crippen LogP contribution in [0.4, 0.5) is 11.4 Å². The zero-order chi connectivity index (χ0) is 18.2. The Morgan fingerprint density at radius 2 is 1.60 bits per heavy atom. The van der Waals surface area contributed by atoms with Gasteiger partial charge in [0.25, 0.3) is 0 Å². The van der Waals surface area contributed by atoms with E-state index in [9.17, 15) is 9.59 Å². The smallest absolute Gasteiger partial charge is 0.240 e. The SMILES string of the molecule is Cc1ccc(C)c(NC(=O)C2(C(=O)Nc3cccc(Cl)c3C)CC2)c1. The third kappa shape index (κ3) is 3.40. The van der Waals surface area contributed by atoms with Gasteiger partial charge in [0.1, 0.15) is 5.41 Å². The first kappa shape index (κ1) is 17.5. The Labute approximate surface area is 152 Å². The summed E-state index contributed by atoms with van der Waals surface area (Å²) in [5, 5.41) is 6.37. The molecule has 0 aliphatic heterocycles. The first-order valence-electron chi connectivity index (χ1n) is 8.29. The van der Waals surface area contributed by atoms with Gasteiger partial charge in [-0.1, -0.05) is 29.8 Å². The normalized spacial score (nSPS) is 14.7. The second-order valence-electron chi connectivity index (χ2n) is 6.72. The van der Waals surface area contributed by atoms with Crippen LogP contribution in [0, 0.1) is 26.2 Å². The lowest BCUT2D eigenvalue weighted by Gasteiger charge is -2.18. The van der Waals surface area contributed by atoms with Crippen molar-refractivity contribution in [3.05, 3.63) is 58.1 Å². The number of halogens is 1. The highest BCUT2D eigenvalue weighted by molar-refractivity contribution is 6.31. The van der Waals surface area contributed by atoms with Crippen LogP contribution < -0.4 is 10.6 Å². The molecule has 1 fully saturated rings. The number of hydrogen-bond acceptors (Lipinski definition) is 2. The van der Waals surface area contributed by atoms with Crippen LogP contribution in [-0.4, -0.2) is 11.8 Å². The first-order chi connectivity index (χ1) is 11.8. The summed E-state index contributed by atoms with van der Waals surface area (Å²) in [6, 6.07) is 11.2. The maximum Gasteiger partial charge on any atom is 0.240 e. The molecule has 0 heterocycles. The average molecular weight is 357 g/mol. The molecule has 0 atom stereocenters. The van der Waals surface area contributed by atoms with Crippen molar-refractivity contribution in [3.63, 3.8) is 0 Å². The van der Waals surface area contributed by atoms with Gasteiger partial charge in [-0.15, -0.1) is 0 Å². The van der Waals surface area contributed by atoms with Crippen molar-refractivity contribution in [1.82, 2.24) is 0 Å². The van der Waals surface area contributed by atoms with Gasteiger partial charge in [0, 0.05) is 16.4 Å². The number of carbonyl (C=O) groups excluding carboxylic acids is 2. The third-order valence-corrected chi connectivity index (χ3v) is 5.19. The molecule has 5 heteroatoms. The molecule has 1 aliphatic rings. The Bertz CT molecular complexity index is 839. The Balaban J connectivity index is 1.77. The number of benzene rings is 2. The van der Waals surface area contributed by atoms with Gasteiger partial charge >= 0.3 is 0 Å².